The van der Waals surface area contributed by atoms with E-state index in [-0.39, 0.29) is 29.9 Å². The predicted octanol–water partition coefficient (Wildman–Crippen LogP) is 6.27. The highest BCUT2D eigenvalue weighted by Crippen LogP contribution is 2.25. The third-order valence-corrected chi connectivity index (χ3v) is 6.94. The highest BCUT2D eigenvalue weighted by atomic mass is 35.5. The van der Waals surface area contributed by atoms with E-state index in [1.54, 1.807) is 17.0 Å². The van der Waals surface area contributed by atoms with Crippen LogP contribution in [0.2, 0.25) is 5.02 Å². The normalized spacial score (nSPS) is 15.3. The molecule has 0 heterocycles. The van der Waals surface area contributed by atoms with Crippen LogP contribution in [0.1, 0.15) is 77.3 Å². The van der Waals surface area contributed by atoms with Gasteiger partial charge in [0.15, 0.2) is 6.61 Å². The molecule has 6 heteroatoms. The molecule has 1 N–H and O–H groups in total. The summed E-state index contributed by atoms with van der Waals surface area (Å²) in [5.74, 6) is 0.333. The van der Waals surface area contributed by atoms with Gasteiger partial charge in [-0.05, 0) is 60.1 Å². The SMILES string of the molecule is CC[C@H](C(=O)NC1CCCCC1)N(Cc1ccc(Cl)cc1)C(=O)COc1ccc(C(C)(C)C)cc1. The predicted molar refractivity (Wildman–Crippen MR) is 142 cm³/mol. The van der Waals surface area contributed by atoms with Gasteiger partial charge in [0.05, 0.1) is 0 Å². The fraction of sp³-hybridized carbons (Fsp3) is 0.517. The summed E-state index contributed by atoms with van der Waals surface area (Å²) < 4.78 is 5.85. The molecule has 1 aliphatic carbocycles. The van der Waals surface area contributed by atoms with Gasteiger partial charge in [0.2, 0.25) is 5.91 Å². The summed E-state index contributed by atoms with van der Waals surface area (Å²) in [6.45, 7) is 8.60. The lowest BCUT2D eigenvalue weighted by atomic mass is 9.87. The van der Waals surface area contributed by atoms with Crippen LogP contribution < -0.4 is 10.1 Å². The Hall–Kier alpha value is -2.53. The fourth-order valence-corrected chi connectivity index (χ4v) is 4.66. The van der Waals surface area contributed by atoms with Crippen molar-refractivity contribution in [3.63, 3.8) is 0 Å². The maximum absolute atomic E-state index is 13.4. The average molecular weight is 499 g/mol. The quantitative estimate of drug-likeness (QED) is 0.443. The molecule has 0 radical (unpaired) electrons. The molecule has 0 spiro atoms. The Labute approximate surface area is 215 Å². The summed E-state index contributed by atoms with van der Waals surface area (Å²) in [7, 11) is 0. The Bertz CT molecular complexity index is 961. The van der Waals surface area contributed by atoms with Crippen molar-refractivity contribution in [1.82, 2.24) is 10.2 Å². The number of hydrogen-bond donors (Lipinski definition) is 1. The minimum atomic E-state index is -0.563. The lowest BCUT2D eigenvalue weighted by Gasteiger charge is -2.32. The van der Waals surface area contributed by atoms with Gasteiger partial charge in [-0.1, -0.05) is 82.8 Å². The molecule has 0 aromatic heterocycles. The molecule has 0 bridgehead atoms. The maximum atomic E-state index is 13.4. The van der Waals surface area contributed by atoms with E-state index in [4.69, 9.17) is 16.3 Å². The van der Waals surface area contributed by atoms with Gasteiger partial charge in [-0.2, -0.15) is 0 Å². The monoisotopic (exact) mass is 498 g/mol. The van der Waals surface area contributed by atoms with E-state index in [1.165, 1.54) is 12.0 Å². The van der Waals surface area contributed by atoms with E-state index in [9.17, 15) is 9.59 Å². The molecule has 1 fully saturated rings. The Balaban J connectivity index is 1.73. The standard InChI is InChI=1S/C29H39ClN2O3/c1-5-26(28(34)31-24-9-7-6-8-10-24)32(19-21-11-15-23(30)16-12-21)27(33)20-35-25-17-13-22(14-18-25)29(2,3)4/h11-18,24,26H,5-10,19-20H2,1-4H3,(H,31,34)/t26-/m1/s1. The summed E-state index contributed by atoms with van der Waals surface area (Å²) in [4.78, 5) is 28.3. The molecule has 0 saturated heterocycles. The van der Waals surface area contributed by atoms with Gasteiger partial charge in [0.1, 0.15) is 11.8 Å². The maximum Gasteiger partial charge on any atom is 0.261 e. The van der Waals surface area contributed by atoms with Gasteiger partial charge in [-0.25, -0.2) is 0 Å². The minimum absolute atomic E-state index is 0.0454. The Morgan fingerprint density at radius 2 is 1.66 bits per heavy atom. The summed E-state index contributed by atoms with van der Waals surface area (Å²) >= 11 is 6.05. The van der Waals surface area contributed by atoms with Crippen LogP contribution in [0.5, 0.6) is 5.75 Å². The number of nitrogens with one attached hydrogen (secondary N) is 1. The number of nitrogens with zero attached hydrogens (tertiary/aromatic N) is 1. The summed E-state index contributed by atoms with van der Waals surface area (Å²) in [6, 6.07) is 14.8. The molecular weight excluding hydrogens is 460 g/mol. The smallest absolute Gasteiger partial charge is 0.261 e. The zero-order valence-electron chi connectivity index (χ0n) is 21.5. The molecule has 2 aromatic carbocycles. The largest absolute Gasteiger partial charge is 0.484 e. The van der Waals surface area contributed by atoms with Gasteiger partial charge in [0, 0.05) is 17.6 Å². The molecule has 1 aliphatic rings. The lowest BCUT2D eigenvalue weighted by Crippen LogP contribution is -2.52. The Morgan fingerprint density at radius 3 is 2.23 bits per heavy atom. The average Bonchev–Trinajstić information content (AvgIpc) is 2.84. The van der Waals surface area contributed by atoms with Crippen molar-refractivity contribution >= 4 is 23.4 Å². The van der Waals surface area contributed by atoms with Crippen molar-refractivity contribution in [3.05, 3.63) is 64.7 Å². The molecule has 3 rings (SSSR count). The number of ether oxygens (including phenoxy) is 1. The van der Waals surface area contributed by atoms with Crippen LogP contribution in [0.3, 0.4) is 0 Å². The van der Waals surface area contributed by atoms with E-state index >= 15 is 0 Å². The Kier molecular flexibility index (Phi) is 9.62. The fourth-order valence-electron chi connectivity index (χ4n) is 4.53. The van der Waals surface area contributed by atoms with Crippen molar-refractivity contribution in [2.45, 2.75) is 90.3 Å². The zero-order valence-corrected chi connectivity index (χ0v) is 22.2. The van der Waals surface area contributed by atoms with E-state index < -0.39 is 6.04 Å². The third kappa shape index (κ3) is 7.99. The van der Waals surface area contributed by atoms with Crippen molar-refractivity contribution < 1.29 is 14.3 Å². The van der Waals surface area contributed by atoms with Gasteiger partial charge in [-0.3, -0.25) is 9.59 Å². The summed E-state index contributed by atoms with van der Waals surface area (Å²) in [5, 5.41) is 3.83. The van der Waals surface area contributed by atoms with E-state index in [0.717, 1.165) is 31.2 Å². The van der Waals surface area contributed by atoms with Gasteiger partial charge in [-0.15, -0.1) is 0 Å². The second-order valence-electron chi connectivity index (χ2n) is 10.5. The van der Waals surface area contributed by atoms with Crippen LogP contribution in [0.15, 0.2) is 48.5 Å². The van der Waals surface area contributed by atoms with Crippen LogP contribution in [0, 0.1) is 0 Å². The number of carbonyl (C=O) groups is 2. The molecule has 2 amide bonds. The summed E-state index contributed by atoms with van der Waals surface area (Å²) in [5.41, 5.74) is 2.16. The van der Waals surface area contributed by atoms with Crippen LogP contribution in [0.25, 0.3) is 0 Å². The van der Waals surface area contributed by atoms with Crippen molar-refractivity contribution in [2.75, 3.05) is 6.61 Å². The number of halogens is 1. The van der Waals surface area contributed by atoms with Gasteiger partial charge in [0.25, 0.3) is 5.91 Å². The first-order valence-electron chi connectivity index (χ1n) is 12.7. The molecule has 0 unspecified atom stereocenters. The number of carbonyl (C=O) groups excluding carboxylic acids is 2. The molecule has 5 nitrogen and oxygen atoms in total. The highest BCUT2D eigenvalue weighted by Gasteiger charge is 2.30. The third-order valence-electron chi connectivity index (χ3n) is 6.69. The molecular formula is C29H39ClN2O3. The van der Waals surface area contributed by atoms with E-state index in [2.05, 4.69) is 26.1 Å². The van der Waals surface area contributed by atoms with E-state index in [1.807, 2.05) is 43.3 Å². The van der Waals surface area contributed by atoms with Crippen LogP contribution in [-0.2, 0) is 21.5 Å². The first-order chi connectivity index (χ1) is 16.7. The number of rotatable bonds is 9. The van der Waals surface area contributed by atoms with Crippen LogP contribution in [-0.4, -0.2) is 35.4 Å². The second kappa shape index (κ2) is 12.4. The first kappa shape index (κ1) is 27.1. The van der Waals surface area contributed by atoms with Crippen LogP contribution in [0.4, 0.5) is 0 Å². The zero-order chi connectivity index (χ0) is 25.4. The van der Waals surface area contributed by atoms with Crippen LogP contribution >= 0.6 is 11.6 Å². The molecule has 2 aromatic rings. The van der Waals surface area contributed by atoms with Gasteiger partial charge >= 0.3 is 0 Å². The number of amides is 2. The minimum Gasteiger partial charge on any atom is -0.484 e. The lowest BCUT2D eigenvalue weighted by molar-refractivity contribution is -0.143. The summed E-state index contributed by atoms with van der Waals surface area (Å²) in [6.07, 6.45) is 6.02. The topological polar surface area (TPSA) is 58.6 Å². The molecule has 1 atom stereocenters. The molecule has 0 aliphatic heterocycles. The second-order valence-corrected chi connectivity index (χ2v) is 10.9. The molecule has 1 saturated carbocycles. The van der Waals surface area contributed by atoms with Crippen molar-refractivity contribution in [3.8, 4) is 5.75 Å². The van der Waals surface area contributed by atoms with Crippen molar-refractivity contribution in [1.29, 1.82) is 0 Å². The van der Waals surface area contributed by atoms with E-state index in [0.29, 0.717) is 23.7 Å². The number of hydrogen-bond acceptors (Lipinski definition) is 3. The van der Waals surface area contributed by atoms with Crippen molar-refractivity contribution in [2.24, 2.45) is 0 Å². The molecule has 190 valence electrons. The molecule has 35 heavy (non-hydrogen) atoms. The number of benzene rings is 2. The van der Waals surface area contributed by atoms with Gasteiger partial charge < -0.3 is 15.0 Å². The highest BCUT2D eigenvalue weighted by molar-refractivity contribution is 6.30. The Morgan fingerprint density at radius 1 is 1.03 bits per heavy atom. The first-order valence-corrected chi connectivity index (χ1v) is 13.1.